The molecule has 5 rings (SSSR count). The first kappa shape index (κ1) is 17.1. The van der Waals surface area contributed by atoms with Crippen molar-refractivity contribution >= 4 is 40.2 Å². The number of amides is 3. The van der Waals surface area contributed by atoms with Crippen LogP contribution in [0.15, 0.2) is 4.34 Å². The smallest absolute Gasteiger partial charge is 0.321 e. The van der Waals surface area contributed by atoms with E-state index in [2.05, 4.69) is 26.1 Å². The van der Waals surface area contributed by atoms with Crippen molar-refractivity contribution in [3.63, 3.8) is 0 Å². The predicted octanol–water partition coefficient (Wildman–Crippen LogP) is 2.47. The van der Waals surface area contributed by atoms with Crippen molar-refractivity contribution in [3.05, 3.63) is 0 Å². The molecule has 4 bridgehead atoms. The molecule has 4 saturated carbocycles. The number of aromatic nitrogens is 2. The van der Waals surface area contributed by atoms with Crippen LogP contribution in [-0.2, 0) is 4.79 Å². The van der Waals surface area contributed by atoms with E-state index in [4.69, 9.17) is 0 Å². The lowest BCUT2D eigenvalue weighted by atomic mass is 9.53. The summed E-state index contributed by atoms with van der Waals surface area (Å²) in [7, 11) is 1.77. The van der Waals surface area contributed by atoms with Gasteiger partial charge < -0.3 is 10.6 Å². The second-order valence-electron chi connectivity index (χ2n) is 7.61. The van der Waals surface area contributed by atoms with Crippen LogP contribution in [0.2, 0.25) is 0 Å². The Morgan fingerprint density at radius 1 is 1.16 bits per heavy atom. The minimum absolute atomic E-state index is 0.0762. The molecule has 0 saturated heterocycles. The Bertz CT molecular complexity index is 642. The van der Waals surface area contributed by atoms with E-state index >= 15 is 0 Å². The molecule has 25 heavy (non-hydrogen) atoms. The summed E-state index contributed by atoms with van der Waals surface area (Å²) in [5, 5.41) is 17.1. The number of nitrogens with one attached hydrogen (secondary N) is 3. The number of carbonyl (C=O) groups excluding carboxylic acids is 2. The van der Waals surface area contributed by atoms with Gasteiger partial charge in [-0.15, -0.1) is 10.2 Å². The van der Waals surface area contributed by atoms with Crippen molar-refractivity contribution in [3.8, 4) is 0 Å². The van der Waals surface area contributed by atoms with Crippen molar-refractivity contribution in [2.75, 3.05) is 18.1 Å². The molecule has 0 unspecified atom stereocenters. The Morgan fingerprint density at radius 3 is 2.36 bits per heavy atom. The maximum absolute atomic E-state index is 12.3. The zero-order valence-electron chi connectivity index (χ0n) is 14.2. The van der Waals surface area contributed by atoms with Gasteiger partial charge in [0.2, 0.25) is 11.0 Å². The second-order valence-corrected chi connectivity index (χ2v) is 9.81. The molecule has 9 heteroatoms. The average molecular weight is 382 g/mol. The summed E-state index contributed by atoms with van der Waals surface area (Å²) < 4.78 is 0.709. The Morgan fingerprint density at radius 2 is 1.80 bits per heavy atom. The van der Waals surface area contributed by atoms with Crippen LogP contribution in [0.5, 0.6) is 0 Å². The van der Waals surface area contributed by atoms with Crippen LogP contribution < -0.4 is 16.0 Å². The van der Waals surface area contributed by atoms with Crippen molar-refractivity contribution in [1.82, 2.24) is 20.8 Å². The highest BCUT2D eigenvalue weighted by Crippen LogP contribution is 2.55. The van der Waals surface area contributed by atoms with Gasteiger partial charge in [-0.2, -0.15) is 0 Å². The number of hydrogen-bond donors (Lipinski definition) is 3. The van der Waals surface area contributed by atoms with E-state index in [1.165, 1.54) is 42.4 Å². The van der Waals surface area contributed by atoms with E-state index in [0.717, 1.165) is 37.0 Å². The summed E-state index contributed by atoms with van der Waals surface area (Å²) in [6.07, 6.45) is 7.21. The lowest BCUT2D eigenvalue weighted by Crippen LogP contribution is -2.61. The summed E-state index contributed by atoms with van der Waals surface area (Å²) in [5.41, 5.74) is -0.0762. The van der Waals surface area contributed by atoms with E-state index in [-0.39, 0.29) is 23.2 Å². The fourth-order valence-electron chi connectivity index (χ4n) is 5.19. The molecule has 3 amide bonds. The van der Waals surface area contributed by atoms with Crippen LogP contribution in [0, 0.1) is 17.8 Å². The number of carbonyl (C=O) groups is 2. The topological polar surface area (TPSA) is 96.0 Å². The molecule has 3 N–H and O–H groups in total. The number of thioether (sulfide) groups is 1. The fraction of sp³-hybridized carbons (Fsp3) is 0.750. The third-order valence-corrected chi connectivity index (χ3v) is 7.69. The third kappa shape index (κ3) is 3.76. The van der Waals surface area contributed by atoms with Crippen LogP contribution >= 0.6 is 23.1 Å². The molecule has 0 aromatic carbocycles. The molecule has 1 heterocycles. The molecule has 4 aliphatic carbocycles. The van der Waals surface area contributed by atoms with Crippen LogP contribution in [0.3, 0.4) is 0 Å². The third-order valence-electron chi connectivity index (χ3n) is 5.62. The lowest BCUT2D eigenvalue weighted by molar-refractivity contribution is -0.117. The van der Waals surface area contributed by atoms with Crippen LogP contribution in [0.4, 0.5) is 9.93 Å². The molecule has 1 aromatic heterocycles. The lowest BCUT2D eigenvalue weighted by Gasteiger charge is -2.56. The van der Waals surface area contributed by atoms with E-state index in [0.29, 0.717) is 9.47 Å². The van der Waals surface area contributed by atoms with E-state index in [1.54, 1.807) is 7.05 Å². The molecular weight excluding hydrogens is 358 g/mol. The minimum atomic E-state index is -0.347. The first-order valence-electron chi connectivity index (χ1n) is 8.79. The molecule has 136 valence electrons. The summed E-state index contributed by atoms with van der Waals surface area (Å²) in [6, 6.07) is -0.347. The van der Waals surface area contributed by atoms with Gasteiger partial charge in [0.05, 0.1) is 5.75 Å². The number of anilines is 1. The predicted molar refractivity (Wildman–Crippen MR) is 97.8 cm³/mol. The van der Waals surface area contributed by atoms with Gasteiger partial charge >= 0.3 is 6.03 Å². The highest BCUT2D eigenvalue weighted by molar-refractivity contribution is 8.01. The van der Waals surface area contributed by atoms with E-state index in [9.17, 15) is 9.59 Å². The van der Waals surface area contributed by atoms with Gasteiger partial charge in [-0.3, -0.25) is 10.1 Å². The fourth-order valence-corrected chi connectivity index (χ4v) is 6.70. The zero-order chi connectivity index (χ0) is 17.4. The van der Waals surface area contributed by atoms with Crippen molar-refractivity contribution in [1.29, 1.82) is 0 Å². The maximum Gasteiger partial charge on any atom is 0.321 e. The number of rotatable bonds is 5. The second kappa shape index (κ2) is 6.75. The summed E-state index contributed by atoms with van der Waals surface area (Å²) >= 11 is 2.68. The Hall–Kier alpha value is -1.35. The summed E-state index contributed by atoms with van der Waals surface area (Å²) in [5.74, 6) is 2.14. The molecule has 4 fully saturated rings. The summed E-state index contributed by atoms with van der Waals surface area (Å²) in [4.78, 5) is 24.3. The quantitative estimate of drug-likeness (QED) is 0.678. The first-order valence-corrected chi connectivity index (χ1v) is 10.6. The first-order chi connectivity index (χ1) is 12.0. The number of imide groups is 1. The van der Waals surface area contributed by atoms with Crippen LogP contribution in [0.25, 0.3) is 0 Å². The number of hydrogen-bond acceptors (Lipinski definition) is 7. The Kier molecular flexibility index (Phi) is 4.61. The molecule has 7 nitrogen and oxygen atoms in total. The summed E-state index contributed by atoms with van der Waals surface area (Å²) in [6.45, 7) is 0. The van der Waals surface area contributed by atoms with Gasteiger partial charge in [0.15, 0.2) is 4.34 Å². The zero-order valence-corrected chi connectivity index (χ0v) is 15.8. The van der Waals surface area contributed by atoms with Gasteiger partial charge in [-0.05, 0) is 56.3 Å². The highest BCUT2D eigenvalue weighted by atomic mass is 32.2. The van der Waals surface area contributed by atoms with Crippen molar-refractivity contribution < 1.29 is 9.59 Å². The monoisotopic (exact) mass is 381 g/mol. The Labute approximate surface area is 155 Å². The van der Waals surface area contributed by atoms with E-state index < -0.39 is 0 Å². The SMILES string of the molecule is CNc1nnc(SCC(=O)NC(=O)NC23CC4CC(CC(C4)C2)C3)s1. The molecule has 1 aromatic rings. The van der Waals surface area contributed by atoms with Gasteiger partial charge in [-0.1, -0.05) is 23.1 Å². The standard InChI is InChI=1S/C16H23N5O2S2/c1-17-14-20-21-15(25-14)24-8-12(22)18-13(23)19-16-5-9-2-10(6-16)4-11(3-9)7-16/h9-11H,2-8H2,1H3,(H,17,20)(H2,18,19,22,23). The molecule has 0 atom stereocenters. The van der Waals surface area contributed by atoms with Crippen LogP contribution in [-0.4, -0.2) is 40.5 Å². The largest absolute Gasteiger partial charge is 0.363 e. The molecule has 0 spiro atoms. The molecule has 0 aliphatic heterocycles. The maximum atomic E-state index is 12.3. The number of urea groups is 1. The normalized spacial score (nSPS) is 32.4. The Balaban J connectivity index is 1.26. The highest BCUT2D eigenvalue weighted by Gasteiger charge is 2.51. The minimum Gasteiger partial charge on any atom is -0.363 e. The molecular formula is C16H23N5O2S2. The van der Waals surface area contributed by atoms with Gasteiger partial charge in [0.1, 0.15) is 0 Å². The van der Waals surface area contributed by atoms with E-state index in [1.807, 2.05) is 0 Å². The molecule has 0 radical (unpaired) electrons. The van der Waals surface area contributed by atoms with Crippen molar-refractivity contribution in [2.45, 2.75) is 48.4 Å². The van der Waals surface area contributed by atoms with Gasteiger partial charge in [0.25, 0.3) is 0 Å². The van der Waals surface area contributed by atoms with Crippen molar-refractivity contribution in [2.24, 2.45) is 17.8 Å². The molecule has 4 aliphatic rings. The number of nitrogens with zero attached hydrogens (tertiary/aromatic N) is 2. The van der Waals surface area contributed by atoms with Crippen LogP contribution in [0.1, 0.15) is 38.5 Å². The van der Waals surface area contributed by atoms with Gasteiger partial charge in [-0.25, -0.2) is 4.79 Å². The van der Waals surface area contributed by atoms with Gasteiger partial charge in [0, 0.05) is 12.6 Å². The average Bonchev–Trinajstić information content (AvgIpc) is 2.99.